The van der Waals surface area contributed by atoms with Gasteiger partial charge in [-0.1, -0.05) is 59.6 Å². The molecule has 168 valence electrons. The summed E-state index contributed by atoms with van der Waals surface area (Å²) < 4.78 is 11.3. The summed E-state index contributed by atoms with van der Waals surface area (Å²) in [6.45, 7) is 0.482. The van der Waals surface area contributed by atoms with Gasteiger partial charge in [0.15, 0.2) is 11.5 Å². The first-order valence-electron chi connectivity index (χ1n) is 9.98. The van der Waals surface area contributed by atoms with Gasteiger partial charge >= 0.3 is 0 Å². The third-order valence-corrected chi connectivity index (χ3v) is 6.48. The summed E-state index contributed by atoms with van der Waals surface area (Å²) in [6.07, 6.45) is 1.67. The molecule has 3 aromatic rings. The van der Waals surface area contributed by atoms with E-state index in [4.69, 9.17) is 32.7 Å². The fourth-order valence-electron chi connectivity index (χ4n) is 3.22. The maximum Gasteiger partial charge on any atom is 0.293 e. The normalized spacial score (nSPS) is 14.8. The molecule has 0 saturated carbocycles. The number of carbonyl (C=O) groups is 2. The van der Waals surface area contributed by atoms with Crippen molar-refractivity contribution in [1.82, 2.24) is 4.90 Å². The first-order valence-corrected chi connectivity index (χ1v) is 11.6. The molecule has 4 rings (SSSR count). The van der Waals surface area contributed by atoms with Crippen LogP contribution in [0.4, 0.5) is 4.79 Å². The molecule has 0 radical (unpaired) electrons. The van der Waals surface area contributed by atoms with Gasteiger partial charge in [-0.2, -0.15) is 0 Å². The van der Waals surface area contributed by atoms with Crippen molar-refractivity contribution in [2.75, 3.05) is 7.11 Å². The third kappa shape index (κ3) is 5.53. The van der Waals surface area contributed by atoms with Crippen LogP contribution in [-0.4, -0.2) is 23.2 Å². The number of nitrogens with zero attached hydrogens (tertiary/aromatic N) is 1. The summed E-state index contributed by atoms with van der Waals surface area (Å²) in [4.78, 5) is 26.8. The van der Waals surface area contributed by atoms with E-state index in [0.29, 0.717) is 38.6 Å². The van der Waals surface area contributed by atoms with Crippen molar-refractivity contribution >= 4 is 52.2 Å². The highest BCUT2D eigenvalue weighted by atomic mass is 35.5. The number of hydrogen-bond donors (Lipinski definition) is 0. The second kappa shape index (κ2) is 10.3. The summed E-state index contributed by atoms with van der Waals surface area (Å²) in [5.74, 6) is 0.722. The minimum atomic E-state index is -0.335. The zero-order valence-corrected chi connectivity index (χ0v) is 19.9. The van der Waals surface area contributed by atoms with Crippen LogP contribution in [0.3, 0.4) is 0 Å². The molecular formula is C25H19Cl2NO4S. The molecule has 0 N–H and O–H groups in total. The van der Waals surface area contributed by atoms with Gasteiger partial charge in [0, 0.05) is 15.6 Å². The van der Waals surface area contributed by atoms with Crippen LogP contribution in [0.5, 0.6) is 11.5 Å². The van der Waals surface area contributed by atoms with Crippen LogP contribution >= 0.6 is 35.0 Å². The topological polar surface area (TPSA) is 55.8 Å². The smallest absolute Gasteiger partial charge is 0.293 e. The zero-order valence-electron chi connectivity index (χ0n) is 17.6. The van der Waals surface area contributed by atoms with E-state index in [9.17, 15) is 9.59 Å². The lowest BCUT2D eigenvalue weighted by molar-refractivity contribution is -0.123. The van der Waals surface area contributed by atoms with Gasteiger partial charge in [-0.15, -0.1) is 0 Å². The second-order valence-electron chi connectivity index (χ2n) is 7.18. The molecule has 0 spiro atoms. The van der Waals surface area contributed by atoms with Crippen molar-refractivity contribution in [1.29, 1.82) is 0 Å². The van der Waals surface area contributed by atoms with E-state index in [1.165, 1.54) is 4.90 Å². The molecule has 5 nitrogen and oxygen atoms in total. The molecule has 33 heavy (non-hydrogen) atoms. The molecule has 0 aliphatic carbocycles. The number of benzene rings is 3. The Labute approximate surface area is 205 Å². The van der Waals surface area contributed by atoms with E-state index in [1.54, 1.807) is 61.7 Å². The SMILES string of the molecule is COc1cc(/C=C2\SC(=O)N(Cc3ccc(Cl)cc3)C2=O)ccc1OCc1ccccc1Cl. The summed E-state index contributed by atoms with van der Waals surface area (Å²) in [7, 11) is 1.54. The van der Waals surface area contributed by atoms with E-state index in [0.717, 1.165) is 22.9 Å². The van der Waals surface area contributed by atoms with Crippen LogP contribution in [0, 0.1) is 0 Å². The van der Waals surface area contributed by atoms with E-state index >= 15 is 0 Å². The Morgan fingerprint density at radius 1 is 0.970 bits per heavy atom. The standard InChI is InChI=1S/C25H19Cl2NO4S/c1-31-22-12-17(8-11-21(22)32-15-18-4-2-3-5-20(18)27)13-23-24(29)28(25(30)33-23)14-16-6-9-19(26)10-7-16/h2-13H,14-15H2,1H3/b23-13-. The third-order valence-electron chi connectivity index (χ3n) is 4.95. The Morgan fingerprint density at radius 3 is 2.45 bits per heavy atom. The van der Waals surface area contributed by atoms with Crippen LogP contribution in [0.1, 0.15) is 16.7 Å². The Kier molecular flexibility index (Phi) is 7.28. The van der Waals surface area contributed by atoms with Crippen molar-refractivity contribution in [2.24, 2.45) is 0 Å². The van der Waals surface area contributed by atoms with Gasteiger partial charge in [0.2, 0.25) is 0 Å². The van der Waals surface area contributed by atoms with Crippen molar-refractivity contribution in [3.8, 4) is 11.5 Å². The van der Waals surface area contributed by atoms with Gasteiger partial charge in [0.05, 0.1) is 18.6 Å². The Bertz CT molecular complexity index is 1230. The van der Waals surface area contributed by atoms with Gasteiger partial charge in [0.25, 0.3) is 11.1 Å². The van der Waals surface area contributed by atoms with Crippen molar-refractivity contribution in [3.05, 3.63) is 98.4 Å². The Hall–Kier alpha value is -2.93. The predicted octanol–water partition coefficient (Wildman–Crippen LogP) is 6.82. The number of carbonyl (C=O) groups excluding carboxylic acids is 2. The largest absolute Gasteiger partial charge is 0.493 e. The fourth-order valence-corrected chi connectivity index (χ4v) is 4.38. The highest BCUT2D eigenvalue weighted by Crippen LogP contribution is 2.35. The van der Waals surface area contributed by atoms with Gasteiger partial charge in [-0.05, 0) is 59.3 Å². The second-order valence-corrected chi connectivity index (χ2v) is 9.02. The molecule has 2 amide bonds. The molecule has 8 heteroatoms. The van der Waals surface area contributed by atoms with Crippen molar-refractivity contribution < 1.29 is 19.1 Å². The maximum absolute atomic E-state index is 12.8. The Balaban J connectivity index is 1.49. The van der Waals surface area contributed by atoms with Crippen molar-refractivity contribution in [2.45, 2.75) is 13.2 Å². The molecule has 0 bridgehead atoms. The molecule has 1 saturated heterocycles. The van der Waals surface area contributed by atoms with Crippen molar-refractivity contribution in [3.63, 3.8) is 0 Å². The molecule has 0 atom stereocenters. The average molecular weight is 500 g/mol. The monoisotopic (exact) mass is 499 g/mol. The molecule has 1 heterocycles. The highest BCUT2D eigenvalue weighted by Gasteiger charge is 2.35. The molecule has 1 aliphatic heterocycles. The lowest BCUT2D eigenvalue weighted by Crippen LogP contribution is -2.27. The Morgan fingerprint density at radius 2 is 1.73 bits per heavy atom. The van der Waals surface area contributed by atoms with Crippen LogP contribution in [0.15, 0.2) is 71.6 Å². The highest BCUT2D eigenvalue weighted by molar-refractivity contribution is 8.18. The van der Waals surface area contributed by atoms with Gasteiger partial charge in [-0.25, -0.2) is 0 Å². The van der Waals surface area contributed by atoms with E-state index in [2.05, 4.69) is 0 Å². The van der Waals surface area contributed by atoms with Gasteiger partial charge in [0.1, 0.15) is 6.61 Å². The summed E-state index contributed by atoms with van der Waals surface area (Å²) in [5, 5.41) is 0.913. The fraction of sp³-hybridized carbons (Fsp3) is 0.120. The molecule has 1 fully saturated rings. The number of thioether (sulfide) groups is 1. The number of amides is 2. The number of halogens is 2. The molecule has 0 aromatic heterocycles. The first-order chi connectivity index (χ1) is 15.9. The summed E-state index contributed by atoms with van der Waals surface area (Å²) in [6, 6.07) is 19.8. The van der Waals surface area contributed by atoms with Crippen LogP contribution in [0.25, 0.3) is 6.08 Å². The van der Waals surface area contributed by atoms with Crippen LogP contribution in [-0.2, 0) is 17.9 Å². The number of imide groups is 1. The van der Waals surface area contributed by atoms with Gasteiger partial charge in [-0.3, -0.25) is 14.5 Å². The van der Waals surface area contributed by atoms with Gasteiger partial charge < -0.3 is 9.47 Å². The minimum Gasteiger partial charge on any atom is -0.493 e. The van der Waals surface area contributed by atoms with Crippen LogP contribution < -0.4 is 9.47 Å². The number of ether oxygens (including phenoxy) is 2. The quantitative estimate of drug-likeness (QED) is 0.334. The molecular weight excluding hydrogens is 481 g/mol. The number of methoxy groups -OCH3 is 1. The molecule has 1 aliphatic rings. The lowest BCUT2D eigenvalue weighted by atomic mass is 10.1. The van der Waals surface area contributed by atoms with Crippen LogP contribution in [0.2, 0.25) is 10.0 Å². The maximum atomic E-state index is 12.8. The first kappa shape index (κ1) is 23.2. The summed E-state index contributed by atoms with van der Waals surface area (Å²) in [5.41, 5.74) is 2.40. The summed E-state index contributed by atoms with van der Waals surface area (Å²) >= 11 is 13.0. The van der Waals surface area contributed by atoms with E-state index in [1.807, 2.05) is 18.2 Å². The number of rotatable bonds is 7. The zero-order chi connectivity index (χ0) is 23.4. The van der Waals surface area contributed by atoms with E-state index < -0.39 is 0 Å². The number of hydrogen-bond acceptors (Lipinski definition) is 5. The van der Waals surface area contributed by atoms with E-state index in [-0.39, 0.29) is 17.7 Å². The average Bonchev–Trinajstić information content (AvgIpc) is 3.07. The minimum absolute atomic E-state index is 0.192. The molecule has 0 unspecified atom stereocenters. The predicted molar refractivity (Wildman–Crippen MR) is 132 cm³/mol. The molecule has 3 aromatic carbocycles. The lowest BCUT2D eigenvalue weighted by Gasteiger charge is -2.13.